The van der Waals surface area contributed by atoms with Crippen LogP contribution in [0, 0.1) is 0 Å². The van der Waals surface area contributed by atoms with E-state index in [1.807, 2.05) is 39.0 Å². The first-order valence-corrected chi connectivity index (χ1v) is 9.83. The van der Waals surface area contributed by atoms with Crippen molar-refractivity contribution in [3.8, 4) is 0 Å². The molecule has 0 aliphatic carbocycles. The number of carbonyl (C=O) groups is 2. The van der Waals surface area contributed by atoms with Crippen molar-refractivity contribution in [3.63, 3.8) is 0 Å². The number of amides is 2. The van der Waals surface area contributed by atoms with Crippen molar-refractivity contribution in [1.82, 2.24) is 20.1 Å². The number of carbonyl (C=O) groups excluding carboxylic acids is 2. The third-order valence-corrected chi connectivity index (χ3v) is 4.73. The van der Waals surface area contributed by atoms with E-state index in [0.29, 0.717) is 37.3 Å². The lowest BCUT2D eigenvalue weighted by Gasteiger charge is -2.35. The summed E-state index contributed by atoms with van der Waals surface area (Å²) in [4.78, 5) is 43.1. The fraction of sp³-hybridized carbons (Fsp3) is 0.476. The van der Waals surface area contributed by atoms with Crippen LogP contribution in [0.2, 0.25) is 0 Å². The average Bonchev–Trinajstić information content (AvgIpc) is 2.66. The number of nitrogens with one attached hydrogen (secondary N) is 2. The molecule has 1 fully saturated rings. The number of piperazine rings is 1. The van der Waals surface area contributed by atoms with E-state index >= 15 is 0 Å². The van der Waals surface area contributed by atoms with Crippen LogP contribution in [-0.2, 0) is 4.74 Å². The topological polar surface area (TPSA) is 94.7 Å². The third kappa shape index (κ3) is 5.57. The largest absolute Gasteiger partial charge is 0.444 e. The number of nitrogens with zero attached hydrogens (tertiary/aromatic N) is 2. The average molecular weight is 400 g/mol. The summed E-state index contributed by atoms with van der Waals surface area (Å²) in [6.45, 7) is 9.35. The van der Waals surface area contributed by atoms with Gasteiger partial charge in [0, 0.05) is 56.2 Å². The summed E-state index contributed by atoms with van der Waals surface area (Å²) >= 11 is 0. The van der Waals surface area contributed by atoms with Gasteiger partial charge in [0.2, 0.25) is 5.56 Å². The van der Waals surface area contributed by atoms with E-state index in [9.17, 15) is 14.4 Å². The standard InChI is InChI=1S/C21H28N4O4/c1-21(2,3)29-20(28)25-12-10-24(11-13-25)9-8-22-19(27)16-14-18(26)23-17-7-5-4-6-15(16)17/h4-7,14H,8-13H2,1-3H3,(H,22,27)(H,23,26). The lowest BCUT2D eigenvalue weighted by Crippen LogP contribution is -2.51. The monoisotopic (exact) mass is 400 g/mol. The van der Waals surface area contributed by atoms with Gasteiger partial charge in [0.05, 0.1) is 5.56 Å². The van der Waals surface area contributed by atoms with Crippen LogP contribution in [0.15, 0.2) is 35.1 Å². The smallest absolute Gasteiger partial charge is 0.410 e. The summed E-state index contributed by atoms with van der Waals surface area (Å²) in [6.07, 6.45) is -0.286. The second kappa shape index (κ2) is 8.65. The Bertz CT molecular complexity index is 940. The number of ether oxygens (including phenoxy) is 1. The highest BCUT2D eigenvalue weighted by molar-refractivity contribution is 6.05. The molecular formula is C21H28N4O4. The number of rotatable bonds is 4. The Labute approximate surface area is 169 Å². The molecule has 1 aliphatic rings. The van der Waals surface area contributed by atoms with Gasteiger partial charge in [-0.3, -0.25) is 14.5 Å². The van der Waals surface area contributed by atoms with Gasteiger partial charge in [0.25, 0.3) is 5.91 Å². The van der Waals surface area contributed by atoms with Crippen LogP contribution in [-0.4, -0.2) is 71.7 Å². The molecule has 29 heavy (non-hydrogen) atoms. The predicted octanol–water partition coefficient (Wildman–Crippen LogP) is 1.81. The maximum Gasteiger partial charge on any atom is 0.410 e. The SMILES string of the molecule is CC(C)(C)OC(=O)N1CCN(CCNC(=O)c2cc(=O)[nH]c3ccccc23)CC1. The van der Waals surface area contributed by atoms with Gasteiger partial charge in [0.1, 0.15) is 5.60 Å². The van der Waals surface area contributed by atoms with Crippen molar-refractivity contribution in [1.29, 1.82) is 0 Å². The Balaban J connectivity index is 1.49. The molecule has 8 heteroatoms. The van der Waals surface area contributed by atoms with E-state index in [4.69, 9.17) is 4.74 Å². The normalized spacial score (nSPS) is 15.3. The number of pyridine rings is 1. The van der Waals surface area contributed by atoms with Crippen LogP contribution >= 0.6 is 0 Å². The fourth-order valence-corrected chi connectivity index (χ4v) is 3.30. The minimum atomic E-state index is -0.498. The van der Waals surface area contributed by atoms with Crippen molar-refractivity contribution in [2.45, 2.75) is 26.4 Å². The summed E-state index contributed by atoms with van der Waals surface area (Å²) in [5.74, 6) is -0.264. The summed E-state index contributed by atoms with van der Waals surface area (Å²) in [7, 11) is 0. The summed E-state index contributed by atoms with van der Waals surface area (Å²) in [5, 5.41) is 3.61. The highest BCUT2D eigenvalue weighted by Crippen LogP contribution is 2.14. The van der Waals surface area contributed by atoms with Crippen LogP contribution < -0.4 is 10.9 Å². The molecule has 0 spiro atoms. The van der Waals surface area contributed by atoms with E-state index in [-0.39, 0.29) is 17.6 Å². The molecule has 0 atom stereocenters. The van der Waals surface area contributed by atoms with E-state index < -0.39 is 5.60 Å². The minimum absolute atomic E-state index is 0.264. The first kappa shape index (κ1) is 20.9. The molecule has 0 radical (unpaired) electrons. The molecule has 2 amide bonds. The molecule has 0 unspecified atom stereocenters. The Hall–Kier alpha value is -2.87. The zero-order valence-electron chi connectivity index (χ0n) is 17.2. The number of hydrogen-bond donors (Lipinski definition) is 2. The van der Waals surface area contributed by atoms with E-state index in [1.54, 1.807) is 11.0 Å². The molecule has 156 valence electrons. The second-order valence-corrected chi connectivity index (χ2v) is 8.16. The minimum Gasteiger partial charge on any atom is -0.444 e. The van der Waals surface area contributed by atoms with E-state index in [0.717, 1.165) is 18.5 Å². The van der Waals surface area contributed by atoms with Gasteiger partial charge in [-0.1, -0.05) is 18.2 Å². The molecule has 1 aromatic carbocycles. The number of fused-ring (bicyclic) bond motifs is 1. The van der Waals surface area contributed by atoms with Crippen LogP contribution in [0.5, 0.6) is 0 Å². The van der Waals surface area contributed by atoms with Gasteiger partial charge in [-0.05, 0) is 26.8 Å². The van der Waals surface area contributed by atoms with Crippen molar-refractivity contribution in [2.24, 2.45) is 0 Å². The summed E-state index contributed by atoms with van der Waals surface area (Å²) < 4.78 is 5.40. The van der Waals surface area contributed by atoms with E-state index in [1.165, 1.54) is 6.07 Å². The quantitative estimate of drug-likeness (QED) is 0.816. The summed E-state index contributed by atoms with van der Waals surface area (Å²) in [5.41, 5.74) is 0.219. The van der Waals surface area contributed by atoms with Crippen molar-refractivity contribution in [2.75, 3.05) is 39.3 Å². The molecule has 2 N–H and O–H groups in total. The number of aromatic amines is 1. The molecule has 8 nitrogen and oxygen atoms in total. The zero-order chi connectivity index (χ0) is 21.0. The van der Waals surface area contributed by atoms with Crippen LogP contribution in [0.25, 0.3) is 10.9 Å². The molecule has 1 aromatic heterocycles. The molecule has 2 aromatic rings. The lowest BCUT2D eigenvalue weighted by atomic mass is 10.1. The first-order chi connectivity index (χ1) is 13.7. The summed E-state index contributed by atoms with van der Waals surface area (Å²) in [6, 6.07) is 8.57. The van der Waals surface area contributed by atoms with Crippen LogP contribution in [0.1, 0.15) is 31.1 Å². The second-order valence-electron chi connectivity index (χ2n) is 8.16. The highest BCUT2D eigenvalue weighted by atomic mass is 16.6. The Morgan fingerprint density at radius 3 is 2.52 bits per heavy atom. The van der Waals surface area contributed by atoms with Crippen LogP contribution in [0.3, 0.4) is 0 Å². The van der Waals surface area contributed by atoms with Crippen molar-refractivity contribution < 1.29 is 14.3 Å². The molecule has 1 saturated heterocycles. The third-order valence-electron chi connectivity index (χ3n) is 4.73. The maximum atomic E-state index is 12.6. The Morgan fingerprint density at radius 1 is 1.14 bits per heavy atom. The van der Waals surface area contributed by atoms with Gasteiger partial charge in [-0.2, -0.15) is 0 Å². The zero-order valence-corrected chi connectivity index (χ0v) is 17.2. The number of aromatic nitrogens is 1. The lowest BCUT2D eigenvalue weighted by molar-refractivity contribution is 0.0147. The molecule has 2 heterocycles. The van der Waals surface area contributed by atoms with Crippen molar-refractivity contribution >= 4 is 22.9 Å². The molecular weight excluding hydrogens is 372 g/mol. The van der Waals surface area contributed by atoms with Gasteiger partial charge in [-0.15, -0.1) is 0 Å². The fourth-order valence-electron chi connectivity index (χ4n) is 3.30. The molecule has 3 rings (SSSR count). The number of hydrogen-bond acceptors (Lipinski definition) is 5. The van der Waals surface area contributed by atoms with Crippen LogP contribution in [0.4, 0.5) is 4.79 Å². The number of H-pyrrole nitrogens is 1. The Morgan fingerprint density at radius 2 is 1.83 bits per heavy atom. The Kier molecular flexibility index (Phi) is 6.22. The van der Waals surface area contributed by atoms with Gasteiger partial charge >= 0.3 is 6.09 Å². The first-order valence-electron chi connectivity index (χ1n) is 9.83. The van der Waals surface area contributed by atoms with E-state index in [2.05, 4.69) is 15.2 Å². The number of benzene rings is 1. The van der Waals surface area contributed by atoms with Gasteiger partial charge < -0.3 is 19.9 Å². The molecule has 1 aliphatic heterocycles. The molecule has 0 saturated carbocycles. The van der Waals surface area contributed by atoms with Gasteiger partial charge in [-0.25, -0.2) is 4.79 Å². The molecule has 0 bridgehead atoms. The predicted molar refractivity (Wildman–Crippen MR) is 111 cm³/mol. The maximum absolute atomic E-state index is 12.6. The number of para-hydroxylation sites is 1. The highest BCUT2D eigenvalue weighted by Gasteiger charge is 2.25. The van der Waals surface area contributed by atoms with Gasteiger partial charge in [0.15, 0.2) is 0 Å². The van der Waals surface area contributed by atoms with Crippen molar-refractivity contribution in [3.05, 3.63) is 46.2 Å².